The predicted octanol–water partition coefficient (Wildman–Crippen LogP) is 3.41. The highest BCUT2D eigenvalue weighted by atomic mass is 19.4. The van der Waals surface area contributed by atoms with Gasteiger partial charge in [0.15, 0.2) is 6.61 Å². The van der Waals surface area contributed by atoms with Gasteiger partial charge in [0.05, 0.1) is 6.20 Å². The van der Waals surface area contributed by atoms with Crippen LogP contribution in [0.5, 0.6) is 5.75 Å². The third kappa shape index (κ3) is 3.37. The normalized spacial score (nSPS) is 11.4. The second-order valence-electron chi connectivity index (χ2n) is 3.99. The fraction of sp³-hybridized carbons (Fsp3) is 0.154. The predicted molar refractivity (Wildman–Crippen MR) is 65.6 cm³/mol. The molecule has 0 fully saturated rings. The molecule has 0 unspecified atom stereocenters. The maximum absolute atomic E-state index is 13.2. The zero-order valence-corrected chi connectivity index (χ0v) is 10.1. The van der Waals surface area contributed by atoms with Crippen LogP contribution in [-0.4, -0.2) is 17.8 Å². The first-order valence-electron chi connectivity index (χ1n) is 5.57. The number of aromatic nitrogens is 1. The number of nitrogens with zero attached hydrogens (tertiary/aromatic N) is 1. The zero-order chi connectivity index (χ0) is 14.8. The Morgan fingerprint density at radius 2 is 1.85 bits per heavy atom. The van der Waals surface area contributed by atoms with Gasteiger partial charge < -0.3 is 10.5 Å². The lowest BCUT2D eigenvalue weighted by molar-refractivity contribution is -0.153. The topological polar surface area (TPSA) is 48.1 Å². The smallest absolute Gasteiger partial charge is 0.422 e. The average Bonchev–Trinajstić information content (AvgIpc) is 2.39. The zero-order valence-electron chi connectivity index (χ0n) is 10.1. The van der Waals surface area contributed by atoms with Crippen molar-refractivity contribution < 1.29 is 22.3 Å². The van der Waals surface area contributed by atoms with Crippen LogP contribution >= 0.6 is 0 Å². The first-order valence-corrected chi connectivity index (χ1v) is 5.57. The molecule has 0 spiro atoms. The summed E-state index contributed by atoms with van der Waals surface area (Å²) in [7, 11) is 0. The maximum Gasteiger partial charge on any atom is 0.422 e. The van der Waals surface area contributed by atoms with E-state index in [4.69, 9.17) is 10.5 Å². The first kappa shape index (κ1) is 14.1. The van der Waals surface area contributed by atoms with Gasteiger partial charge in [0, 0.05) is 11.1 Å². The molecule has 20 heavy (non-hydrogen) atoms. The number of nitrogen functional groups attached to an aromatic ring is 1. The fourth-order valence-electron chi connectivity index (χ4n) is 1.64. The van der Waals surface area contributed by atoms with Gasteiger partial charge in [0.25, 0.3) is 0 Å². The fourth-order valence-corrected chi connectivity index (χ4v) is 1.64. The molecule has 1 aromatic heterocycles. The largest absolute Gasteiger partial charge is 0.483 e. The Kier molecular flexibility index (Phi) is 3.78. The van der Waals surface area contributed by atoms with Crippen molar-refractivity contribution in [3.05, 3.63) is 42.3 Å². The van der Waals surface area contributed by atoms with Crippen LogP contribution < -0.4 is 10.5 Å². The number of alkyl halides is 3. The second kappa shape index (κ2) is 5.36. The molecule has 1 aromatic carbocycles. The van der Waals surface area contributed by atoms with Crippen LogP contribution in [0.2, 0.25) is 0 Å². The summed E-state index contributed by atoms with van der Waals surface area (Å²) in [6.07, 6.45) is -3.53. The third-order valence-electron chi connectivity index (χ3n) is 2.45. The molecule has 0 amide bonds. The molecule has 0 aliphatic carbocycles. The van der Waals surface area contributed by atoms with Crippen LogP contribution in [0.15, 0.2) is 36.5 Å². The van der Waals surface area contributed by atoms with Crippen molar-refractivity contribution in [3.8, 4) is 16.9 Å². The summed E-state index contributed by atoms with van der Waals surface area (Å²) in [5.41, 5.74) is 6.05. The number of halogens is 4. The van der Waals surface area contributed by atoms with Gasteiger partial charge in [0.1, 0.15) is 17.4 Å². The van der Waals surface area contributed by atoms with Crippen molar-refractivity contribution in [2.75, 3.05) is 12.3 Å². The van der Waals surface area contributed by atoms with Crippen LogP contribution in [0, 0.1) is 5.82 Å². The number of ether oxygens (including phenoxy) is 1. The van der Waals surface area contributed by atoms with Gasteiger partial charge in [0.2, 0.25) is 0 Å². The third-order valence-corrected chi connectivity index (χ3v) is 2.45. The standard InChI is InChI=1S/C13H10F4N2O/c14-8-5-10(12(18)19-6-8)9-3-1-2-4-11(9)20-7-13(15,16)17/h1-6H,7H2,(H2,18,19). The minimum atomic E-state index is -4.46. The molecule has 2 aromatic rings. The number of rotatable bonds is 3. The minimum absolute atomic E-state index is 0.00876. The van der Waals surface area contributed by atoms with Crippen LogP contribution in [-0.2, 0) is 0 Å². The maximum atomic E-state index is 13.2. The van der Waals surface area contributed by atoms with Crippen molar-refractivity contribution in [2.24, 2.45) is 0 Å². The summed E-state index contributed by atoms with van der Waals surface area (Å²) in [6, 6.07) is 7.03. The number of nitrogens with two attached hydrogens (primary N) is 1. The van der Waals surface area contributed by atoms with Gasteiger partial charge >= 0.3 is 6.18 Å². The lowest BCUT2D eigenvalue weighted by Gasteiger charge is -2.14. The van der Waals surface area contributed by atoms with E-state index in [1.807, 2.05) is 0 Å². The van der Waals surface area contributed by atoms with Crippen molar-refractivity contribution in [3.63, 3.8) is 0 Å². The summed E-state index contributed by atoms with van der Waals surface area (Å²) in [5.74, 6) is -0.668. The SMILES string of the molecule is Nc1ncc(F)cc1-c1ccccc1OCC(F)(F)F. The van der Waals surface area contributed by atoms with E-state index in [2.05, 4.69) is 4.98 Å². The monoisotopic (exact) mass is 286 g/mol. The van der Waals surface area contributed by atoms with Crippen molar-refractivity contribution in [1.29, 1.82) is 0 Å². The summed E-state index contributed by atoms with van der Waals surface area (Å²) in [4.78, 5) is 3.63. The van der Waals surface area contributed by atoms with Gasteiger partial charge in [-0.3, -0.25) is 0 Å². The molecular formula is C13H10F4N2O. The summed E-state index contributed by atoms with van der Waals surface area (Å²) < 4.78 is 54.5. The molecular weight excluding hydrogens is 276 g/mol. The number of hydrogen-bond acceptors (Lipinski definition) is 3. The van der Waals surface area contributed by atoms with Gasteiger partial charge in [-0.05, 0) is 12.1 Å². The van der Waals surface area contributed by atoms with Crippen molar-refractivity contribution in [1.82, 2.24) is 4.98 Å². The number of hydrogen-bond donors (Lipinski definition) is 1. The van der Waals surface area contributed by atoms with Gasteiger partial charge in [-0.2, -0.15) is 13.2 Å². The Hall–Kier alpha value is -2.31. The van der Waals surface area contributed by atoms with Crippen molar-refractivity contribution in [2.45, 2.75) is 6.18 Å². The Labute approximate surface area is 112 Å². The highest BCUT2D eigenvalue weighted by Crippen LogP contribution is 2.33. The molecule has 0 saturated heterocycles. The van der Waals surface area contributed by atoms with E-state index in [1.54, 1.807) is 6.07 Å². The molecule has 7 heteroatoms. The lowest BCUT2D eigenvalue weighted by Crippen LogP contribution is -2.19. The Balaban J connectivity index is 2.39. The van der Waals surface area contributed by atoms with E-state index in [1.165, 1.54) is 18.2 Å². The first-order chi connectivity index (χ1) is 9.37. The number of benzene rings is 1. The Bertz CT molecular complexity index is 614. The molecule has 0 aliphatic rings. The molecule has 0 radical (unpaired) electrons. The number of para-hydroxylation sites is 1. The Morgan fingerprint density at radius 3 is 2.55 bits per heavy atom. The summed E-state index contributed by atoms with van der Waals surface area (Å²) >= 11 is 0. The average molecular weight is 286 g/mol. The summed E-state index contributed by atoms with van der Waals surface area (Å²) in [5, 5.41) is 0. The Morgan fingerprint density at radius 1 is 1.15 bits per heavy atom. The molecule has 0 saturated carbocycles. The van der Waals surface area contributed by atoms with E-state index in [-0.39, 0.29) is 22.7 Å². The lowest BCUT2D eigenvalue weighted by atomic mass is 10.1. The van der Waals surface area contributed by atoms with E-state index in [0.29, 0.717) is 0 Å². The molecule has 0 aliphatic heterocycles. The van der Waals surface area contributed by atoms with E-state index in [9.17, 15) is 17.6 Å². The van der Waals surface area contributed by atoms with Crippen LogP contribution in [0.25, 0.3) is 11.1 Å². The van der Waals surface area contributed by atoms with Gasteiger partial charge in [-0.1, -0.05) is 18.2 Å². The summed E-state index contributed by atoms with van der Waals surface area (Å²) in [6.45, 7) is -1.44. The van der Waals surface area contributed by atoms with Crippen molar-refractivity contribution >= 4 is 5.82 Å². The number of pyridine rings is 1. The highest BCUT2D eigenvalue weighted by molar-refractivity contribution is 5.78. The van der Waals surface area contributed by atoms with Gasteiger partial charge in [-0.25, -0.2) is 9.37 Å². The van der Waals surface area contributed by atoms with E-state index in [0.717, 1.165) is 12.3 Å². The van der Waals surface area contributed by atoms with Gasteiger partial charge in [-0.15, -0.1) is 0 Å². The second-order valence-corrected chi connectivity index (χ2v) is 3.99. The minimum Gasteiger partial charge on any atom is -0.483 e. The van der Waals surface area contributed by atoms with E-state index < -0.39 is 18.6 Å². The molecule has 0 bridgehead atoms. The van der Waals surface area contributed by atoms with Crippen LogP contribution in [0.3, 0.4) is 0 Å². The van der Waals surface area contributed by atoms with Crippen LogP contribution in [0.1, 0.15) is 0 Å². The number of anilines is 1. The van der Waals surface area contributed by atoms with Crippen LogP contribution in [0.4, 0.5) is 23.4 Å². The molecule has 2 rings (SSSR count). The quantitative estimate of drug-likeness (QED) is 0.880. The molecule has 106 valence electrons. The molecule has 3 nitrogen and oxygen atoms in total. The highest BCUT2D eigenvalue weighted by Gasteiger charge is 2.29. The molecule has 0 atom stereocenters. The molecule has 2 N–H and O–H groups in total. The van der Waals surface area contributed by atoms with E-state index >= 15 is 0 Å². The molecule has 1 heterocycles.